The molecule has 2 heterocycles. The van der Waals surface area contributed by atoms with Crippen molar-refractivity contribution in [1.82, 2.24) is 5.32 Å². The summed E-state index contributed by atoms with van der Waals surface area (Å²) >= 11 is 7.16. The van der Waals surface area contributed by atoms with Crippen LogP contribution in [0.1, 0.15) is 43.6 Å². The van der Waals surface area contributed by atoms with E-state index in [-0.39, 0.29) is 12.5 Å². The van der Waals surface area contributed by atoms with E-state index in [4.69, 9.17) is 16.3 Å². The molecule has 2 aromatic rings. The Hall–Kier alpha value is -2.05. The molecule has 23 heavy (non-hydrogen) atoms. The van der Waals surface area contributed by atoms with Crippen molar-refractivity contribution in [2.45, 2.75) is 20.0 Å². The number of ether oxygens (including phenoxy) is 1. The van der Waals surface area contributed by atoms with Crippen LogP contribution in [0.2, 0.25) is 5.02 Å². The minimum Gasteiger partial charge on any atom is -0.462 e. The second-order valence-electron chi connectivity index (χ2n) is 5.06. The molecule has 0 saturated carbocycles. The van der Waals surface area contributed by atoms with Gasteiger partial charge in [0.1, 0.15) is 11.0 Å². The monoisotopic (exact) mass is 350 g/mol. The van der Waals surface area contributed by atoms with Gasteiger partial charge in [-0.2, -0.15) is 0 Å². The van der Waals surface area contributed by atoms with Crippen molar-refractivity contribution < 1.29 is 14.3 Å². The molecule has 0 bridgehead atoms. The summed E-state index contributed by atoms with van der Waals surface area (Å²) in [6.45, 7) is 3.86. The fraction of sp³-hybridized carbons (Fsp3) is 0.250. The summed E-state index contributed by atoms with van der Waals surface area (Å²) in [7, 11) is 0. The van der Waals surface area contributed by atoms with Crippen LogP contribution in [-0.2, 0) is 4.74 Å². The van der Waals surface area contributed by atoms with Gasteiger partial charge in [0, 0.05) is 9.90 Å². The lowest BCUT2D eigenvalue weighted by atomic mass is 10.1. The first-order valence-corrected chi connectivity index (χ1v) is 8.34. The summed E-state index contributed by atoms with van der Waals surface area (Å²) in [5.41, 5.74) is 1.89. The highest BCUT2D eigenvalue weighted by Crippen LogP contribution is 2.38. The molecule has 0 spiro atoms. The molecule has 120 valence electrons. The first-order valence-electron chi connectivity index (χ1n) is 7.14. The average molecular weight is 351 g/mol. The number of carbonyl (C=O) groups excluding carboxylic acids is 2. The summed E-state index contributed by atoms with van der Waals surface area (Å²) in [5.74, 6) is -0.623. The third kappa shape index (κ3) is 2.92. The molecule has 1 aromatic heterocycles. The van der Waals surface area contributed by atoms with E-state index in [0.717, 1.165) is 10.4 Å². The van der Waals surface area contributed by atoms with E-state index in [1.54, 1.807) is 19.1 Å². The summed E-state index contributed by atoms with van der Waals surface area (Å²) in [4.78, 5) is 25.8. The van der Waals surface area contributed by atoms with Crippen molar-refractivity contribution in [2.75, 3.05) is 11.9 Å². The van der Waals surface area contributed by atoms with Gasteiger partial charge in [-0.1, -0.05) is 23.7 Å². The number of amides is 1. The van der Waals surface area contributed by atoms with Gasteiger partial charge in [-0.25, -0.2) is 4.79 Å². The smallest absolute Gasteiger partial charge is 0.350 e. The Morgan fingerprint density at radius 1 is 1.30 bits per heavy atom. The van der Waals surface area contributed by atoms with Crippen molar-refractivity contribution in [1.29, 1.82) is 0 Å². The molecular formula is C16H15ClN2O3S. The van der Waals surface area contributed by atoms with Gasteiger partial charge in [-0.3, -0.25) is 4.79 Å². The number of hydrogen-bond acceptors (Lipinski definition) is 5. The summed E-state index contributed by atoms with van der Waals surface area (Å²) < 4.78 is 5.08. The van der Waals surface area contributed by atoms with E-state index in [0.29, 0.717) is 21.2 Å². The van der Waals surface area contributed by atoms with Gasteiger partial charge in [0.05, 0.1) is 17.9 Å². The van der Waals surface area contributed by atoms with Crippen LogP contribution in [-0.4, -0.2) is 18.5 Å². The number of hydrogen-bond donors (Lipinski definition) is 2. The number of nitrogens with one attached hydrogen (secondary N) is 2. The third-order valence-electron chi connectivity index (χ3n) is 3.54. The zero-order chi connectivity index (χ0) is 16.6. The number of esters is 1. The highest BCUT2D eigenvalue weighted by molar-refractivity contribution is 7.15. The van der Waals surface area contributed by atoms with Gasteiger partial charge in [-0.15, -0.1) is 11.3 Å². The topological polar surface area (TPSA) is 67.4 Å². The Kier molecular flexibility index (Phi) is 4.28. The number of rotatable bonds is 3. The number of aryl methyl sites for hydroxylation is 1. The zero-order valence-corrected chi connectivity index (χ0v) is 14.2. The van der Waals surface area contributed by atoms with Gasteiger partial charge in [-0.05, 0) is 31.5 Å². The third-order valence-corrected chi connectivity index (χ3v) is 4.88. The van der Waals surface area contributed by atoms with Crippen molar-refractivity contribution in [3.63, 3.8) is 0 Å². The Balaban J connectivity index is 1.99. The van der Waals surface area contributed by atoms with E-state index in [1.807, 2.05) is 19.1 Å². The van der Waals surface area contributed by atoms with Gasteiger partial charge in [0.2, 0.25) is 0 Å². The molecule has 1 aromatic carbocycles. The predicted molar refractivity (Wildman–Crippen MR) is 90.3 cm³/mol. The Labute approximate surface area is 142 Å². The fourth-order valence-electron chi connectivity index (χ4n) is 2.50. The van der Waals surface area contributed by atoms with Crippen LogP contribution in [0, 0.1) is 6.92 Å². The molecule has 0 radical (unpaired) electrons. The molecule has 0 aliphatic carbocycles. The van der Waals surface area contributed by atoms with Gasteiger partial charge >= 0.3 is 5.97 Å². The maximum absolute atomic E-state index is 12.4. The summed E-state index contributed by atoms with van der Waals surface area (Å²) in [6.07, 6.45) is -0.422. The van der Waals surface area contributed by atoms with Crippen LogP contribution in [0.15, 0.2) is 24.3 Å². The quantitative estimate of drug-likeness (QED) is 0.827. The van der Waals surface area contributed by atoms with Gasteiger partial charge in [0.15, 0.2) is 0 Å². The zero-order valence-electron chi connectivity index (χ0n) is 12.6. The van der Waals surface area contributed by atoms with Crippen LogP contribution in [0.5, 0.6) is 0 Å². The second kappa shape index (κ2) is 6.22. The molecule has 3 rings (SSSR count). The van der Waals surface area contributed by atoms with Gasteiger partial charge < -0.3 is 15.4 Å². The fourth-order valence-corrected chi connectivity index (χ4v) is 3.64. The lowest BCUT2D eigenvalue weighted by Crippen LogP contribution is -2.38. The van der Waals surface area contributed by atoms with Crippen LogP contribution >= 0.6 is 22.9 Å². The minimum atomic E-state index is -0.422. The van der Waals surface area contributed by atoms with E-state index in [1.165, 1.54) is 11.3 Å². The second-order valence-corrected chi connectivity index (χ2v) is 6.72. The van der Waals surface area contributed by atoms with Crippen molar-refractivity contribution in [2.24, 2.45) is 0 Å². The number of thiophene rings is 1. The van der Waals surface area contributed by atoms with Crippen LogP contribution < -0.4 is 10.6 Å². The van der Waals surface area contributed by atoms with E-state index < -0.39 is 12.1 Å². The highest BCUT2D eigenvalue weighted by Gasteiger charge is 2.33. The molecular weight excluding hydrogens is 336 g/mol. The molecule has 2 N–H and O–H groups in total. The van der Waals surface area contributed by atoms with Crippen LogP contribution in [0.3, 0.4) is 0 Å². The van der Waals surface area contributed by atoms with Crippen LogP contribution in [0.25, 0.3) is 0 Å². The highest BCUT2D eigenvalue weighted by atomic mass is 35.5. The van der Waals surface area contributed by atoms with E-state index in [2.05, 4.69) is 10.6 Å². The van der Waals surface area contributed by atoms with Gasteiger partial charge in [0.25, 0.3) is 5.91 Å². The standard InChI is InChI=1S/C16H15ClN2O3S/c1-3-22-16(21)13-12-11(8(2)23-13)15(20)19-14(18-12)9-4-6-10(17)7-5-9/h4-7,14,18H,3H2,1-2H3,(H,19,20)/t14-/m0/s1. The lowest BCUT2D eigenvalue weighted by molar-refractivity contribution is 0.0533. The Morgan fingerprint density at radius 2 is 2.00 bits per heavy atom. The number of carbonyl (C=O) groups is 2. The first-order chi connectivity index (χ1) is 11.0. The Morgan fingerprint density at radius 3 is 2.65 bits per heavy atom. The molecule has 1 aliphatic heterocycles. The summed E-state index contributed by atoms with van der Waals surface area (Å²) in [6, 6.07) is 7.17. The Bertz CT molecular complexity index is 770. The normalized spacial score (nSPS) is 16.3. The molecule has 1 atom stereocenters. The van der Waals surface area contributed by atoms with Crippen molar-refractivity contribution in [3.05, 3.63) is 50.2 Å². The SMILES string of the molecule is CCOC(=O)c1sc(C)c2c1N[C@H](c1ccc(Cl)cc1)NC2=O. The molecule has 0 unspecified atom stereocenters. The average Bonchev–Trinajstić information content (AvgIpc) is 2.86. The van der Waals surface area contributed by atoms with Crippen molar-refractivity contribution in [3.8, 4) is 0 Å². The number of anilines is 1. The molecule has 0 saturated heterocycles. The number of halogens is 1. The van der Waals surface area contributed by atoms with E-state index >= 15 is 0 Å². The van der Waals surface area contributed by atoms with E-state index in [9.17, 15) is 9.59 Å². The molecule has 0 fully saturated rings. The van der Waals surface area contributed by atoms with Crippen LogP contribution in [0.4, 0.5) is 5.69 Å². The number of benzene rings is 1. The largest absolute Gasteiger partial charge is 0.462 e. The first kappa shape index (κ1) is 15.8. The summed E-state index contributed by atoms with van der Waals surface area (Å²) in [5, 5.41) is 6.74. The molecule has 5 nitrogen and oxygen atoms in total. The molecule has 1 aliphatic rings. The predicted octanol–water partition coefficient (Wildman–Crippen LogP) is 3.74. The maximum Gasteiger partial charge on any atom is 0.350 e. The van der Waals surface area contributed by atoms with Crippen molar-refractivity contribution >= 4 is 40.5 Å². The minimum absolute atomic E-state index is 0.206. The maximum atomic E-state index is 12.4. The lowest BCUT2D eigenvalue weighted by Gasteiger charge is -2.27. The molecule has 1 amide bonds. The number of fused-ring (bicyclic) bond motifs is 1. The molecule has 7 heteroatoms.